The number of thiocarbonyl (C=S) groups is 1. The summed E-state index contributed by atoms with van der Waals surface area (Å²) >= 11 is 5.10. The molecule has 1 heterocycles. The second-order valence-electron chi connectivity index (χ2n) is 6.56. The Morgan fingerprint density at radius 2 is 1.82 bits per heavy atom. The molecule has 0 bridgehead atoms. The number of likely N-dealkylation sites (tertiary alicyclic amines) is 1. The van der Waals surface area contributed by atoms with Crippen LogP contribution in [0.3, 0.4) is 0 Å². The lowest BCUT2D eigenvalue weighted by Gasteiger charge is -2.35. The van der Waals surface area contributed by atoms with Crippen LogP contribution in [0, 0.1) is 17.3 Å². The van der Waals surface area contributed by atoms with E-state index in [1.165, 1.54) is 32.5 Å². The van der Waals surface area contributed by atoms with Crippen LogP contribution in [0.4, 0.5) is 0 Å². The third kappa shape index (κ3) is 4.92. The third-order valence-electron chi connectivity index (χ3n) is 3.89. The van der Waals surface area contributed by atoms with Crippen LogP contribution < -0.4 is 5.73 Å². The normalized spacial score (nSPS) is 27.1. The molecule has 17 heavy (non-hydrogen) atoms. The van der Waals surface area contributed by atoms with E-state index in [-0.39, 0.29) is 5.41 Å². The van der Waals surface area contributed by atoms with Crippen LogP contribution in [0.15, 0.2) is 0 Å². The highest BCUT2D eigenvalue weighted by molar-refractivity contribution is 7.80. The highest BCUT2D eigenvalue weighted by Gasteiger charge is 2.24. The SMILES string of the molecule is CC1CC(C)CN(CCCC(C)(C)C(N)=S)C1. The number of hydrogen-bond donors (Lipinski definition) is 1. The topological polar surface area (TPSA) is 29.3 Å². The van der Waals surface area contributed by atoms with Crippen LogP contribution >= 0.6 is 12.2 Å². The Labute approximate surface area is 112 Å². The van der Waals surface area contributed by atoms with E-state index < -0.39 is 0 Å². The molecule has 3 heteroatoms. The van der Waals surface area contributed by atoms with Crippen LogP contribution in [0.1, 0.15) is 47.0 Å². The Morgan fingerprint density at radius 3 is 2.29 bits per heavy atom. The van der Waals surface area contributed by atoms with E-state index in [0.29, 0.717) is 4.99 Å². The van der Waals surface area contributed by atoms with Crippen molar-refractivity contribution in [2.45, 2.75) is 47.0 Å². The molecular weight excluding hydrogens is 228 g/mol. The Morgan fingerprint density at radius 1 is 1.29 bits per heavy atom. The maximum absolute atomic E-state index is 5.75. The predicted molar refractivity (Wildman–Crippen MR) is 79.2 cm³/mol. The van der Waals surface area contributed by atoms with Crippen LogP contribution in [0.2, 0.25) is 0 Å². The van der Waals surface area contributed by atoms with Gasteiger partial charge in [-0.1, -0.05) is 39.9 Å². The average Bonchev–Trinajstić information content (AvgIpc) is 2.15. The van der Waals surface area contributed by atoms with E-state index in [2.05, 4.69) is 32.6 Å². The van der Waals surface area contributed by atoms with Crippen molar-refractivity contribution in [1.82, 2.24) is 4.90 Å². The monoisotopic (exact) mass is 256 g/mol. The van der Waals surface area contributed by atoms with Crippen molar-refractivity contribution in [3.8, 4) is 0 Å². The lowest BCUT2D eigenvalue weighted by molar-refractivity contribution is 0.136. The van der Waals surface area contributed by atoms with Crippen LogP contribution in [-0.4, -0.2) is 29.5 Å². The predicted octanol–water partition coefficient (Wildman–Crippen LogP) is 3.06. The van der Waals surface area contributed by atoms with Gasteiger partial charge in [-0.25, -0.2) is 0 Å². The fourth-order valence-electron chi connectivity index (χ4n) is 2.84. The van der Waals surface area contributed by atoms with Gasteiger partial charge in [-0.15, -0.1) is 0 Å². The quantitative estimate of drug-likeness (QED) is 0.767. The van der Waals surface area contributed by atoms with E-state index in [4.69, 9.17) is 18.0 Å². The fraction of sp³-hybridized carbons (Fsp3) is 0.929. The first-order chi connectivity index (χ1) is 7.81. The lowest BCUT2D eigenvalue weighted by Crippen LogP contribution is -2.39. The van der Waals surface area contributed by atoms with E-state index >= 15 is 0 Å². The van der Waals surface area contributed by atoms with Crippen molar-refractivity contribution in [3.63, 3.8) is 0 Å². The Bertz CT molecular complexity index is 253. The molecule has 0 aromatic heterocycles. The first-order valence-electron chi connectivity index (χ1n) is 6.83. The smallest absolute Gasteiger partial charge is 0.0784 e. The summed E-state index contributed by atoms with van der Waals surface area (Å²) in [6.45, 7) is 12.7. The highest BCUT2D eigenvalue weighted by atomic mass is 32.1. The molecule has 2 N–H and O–H groups in total. The second kappa shape index (κ2) is 6.14. The fourth-order valence-corrected chi connectivity index (χ4v) is 2.94. The van der Waals surface area contributed by atoms with Crippen molar-refractivity contribution >= 4 is 17.2 Å². The molecule has 2 unspecified atom stereocenters. The standard InChI is InChI=1S/C14H28N2S/c1-11-8-12(2)10-16(9-11)7-5-6-14(3,4)13(15)17/h11-12H,5-10H2,1-4H3,(H2,15,17). The summed E-state index contributed by atoms with van der Waals surface area (Å²) in [6, 6.07) is 0. The minimum atomic E-state index is 0.0162. The van der Waals surface area contributed by atoms with Crippen molar-refractivity contribution < 1.29 is 0 Å². The highest BCUT2D eigenvalue weighted by Crippen LogP contribution is 2.25. The minimum Gasteiger partial charge on any atom is -0.393 e. The molecule has 1 aliphatic heterocycles. The van der Waals surface area contributed by atoms with Gasteiger partial charge < -0.3 is 10.6 Å². The molecule has 2 atom stereocenters. The molecule has 0 saturated carbocycles. The summed E-state index contributed by atoms with van der Waals surface area (Å²) in [7, 11) is 0. The van der Waals surface area contributed by atoms with Crippen LogP contribution in [0.5, 0.6) is 0 Å². The molecule has 1 fully saturated rings. The molecule has 1 rings (SSSR count). The molecule has 0 radical (unpaired) electrons. The van der Waals surface area contributed by atoms with Gasteiger partial charge in [0.15, 0.2) is 0 Å². The van der Waals surface area contributed by atoms with Gasteiger partial charge >= 0.3 is 0 Å². The van der Waals surface area contributed by atoms with E-state index in [1.807, 2.05) is 0 Å². The van der Waals surface area contributed by atoms with E-state index in [1.54, 1.807) is 0 Å². The number of piperidine rings is 1. The molecule has 0 amide bonds. The first kappa shape index (κ1) is 14.9. The Hall–Kier alpha value is -0.150. The number of rotatable bonds is 5. The number of hydrogen-bond acceptors (Lipinski definition) is 2. The zero-order valence-corrected chi connectivity index (χ0v) is 12.6. The number of nitrogens with zero attached hydrogens (tertiary/aromatic N) is 1. The summed E-state index contributed by atoms with van der Waals surface area (Å²) < 4.78 is 0. The maximum Gasteiger partial charge on any atom is 0.0784 e. The summed E-state index contributed by atoms with van der Waals surface area (Å²) in [5.74, 6) is 1.70. The van der Waals surface area contributed by atoms with E-state index in [9.17, 15) is 0 Å². The van der Waals surface area contributed by atoms with Gasteiger partial charge in [0.05, 0.1) is 4.99 Å². The summed E-state index contributed by atoms with van der Waals surface area (Å²) in [4.78, 5) is 3.26. The Kier molecular flexibility index (Phi) is 5.39. The molecule has 2 nitrogen and oxygen atoms in total. The molecule has 1 saturated heterocycles. The molecule has 0 spiro atoms. The van der Waals surface area contributed by atoms with Gasteiger partial charge in [0.1, 0.15) is 0 Å². The first-order valence-corrected chi connectivity index (χ1v) is 7.24. The second-order valence-corrected chi connectivity index (χ2v) is 7.00. The van der Waals surface area contributed by atoms with Crippen molar-refractivity contribution in [2.24, 2.45) is 23.0 Å². The molecule has 1 aliphatic rings. The van der Waals surface area contributed by atoms with Gasteiger partial charge in [0, 0.05) is 18.5 Å². The van der Waals surface area contributed by atoms with Gasteiger partial charge in [-0.3, -0.25) is 0 Å². The Balaban J connectivity index is 2.29. The molecule has 0 aromatic rings. The lowest BCUT2D eigenvalue weighted by atomic mass is 9.87. The molecular formula is C14H28N2S. The average molecular weight is 256 g/mol. The van der Waals surface area contributed by atoms with Crippen molar-refractivity contribution in [3.05, 3.63) is 0 Å². The van der Waals surface area contributed by atoms with Gasteiger partial charge in [-0.05, 0) is 37.6 Å². The zero-order chi connectivity index (χ0) is 13.1. The minimum absolute atomic E-state index is 0.0162. The van der Waals surface area contributed by atoms with E-state index in [0.717, 1.165) is 18.3 Å². The summed E-state index contributed by atoms with van der Waals surface area (Å²) in [5, 5.41) is 0. The van der Waals surface area contributed by atoms with Gasteiger partial charge in [0.25, 0.3) is 0 Å². The van der Waals surface area contributed by atoms with Crippen molar-refractivity contribution in [1.29, 1.82) is 0 Å². The van der Waals surface area contributed by atoms with Crippen molar-refractivity contribution in [2.75, 3.05) is 19.6 Å². The maximum atomic E-state index is 5.75. The molecule has 0 aliphatic carbocycles. The summed E-state index contributed by atoms with van der Waals surface area (Å²) in [5.41, 5.74) is 5.77. The molecule has 100 valence electrons. The van der Waals surface area contributed by atoms with Gasteiger partial charge in [0.2, 0.25) is 0 Å². The zero-order valence-electron chi connectivity index (χ0n) is 11.8. The third-order valence-corrected chi connectivity index (χ3v) is 4.44. The largest absolute Gasteiger partial charge is 0.393 e. The van der Waals surface area contributed by atoms with Crippen LogP contribution in [0.25, 0.3) is 0 Å². The number of nitrogens with two attached hydrogens (primary N) is 1. The molecule has 0 aromatic carbocycles. The van der Waals surface area contributed by atoms with Crippen LogP contribution in [-0.2, 0) is 0 Å². The summed E-state index contributed by atoms with van der Waals surface area (Å²) in [6.07, 6.45) is 3.68. The van der Waals surface area contributed by atoms with Gasteiger partial charge in [-0.2, -0.15) is 0 Å².